The molecule has 5 nitrogen and oxygen atoms in total. The van der Waals surface area contributed by atoms with Gasteiger partial charge in [-0.3, -0.25) is 0 Å². The second-order valence-electron chi connectivity index (χ2n) is 3.92. The zero-order valence-corrected chi connectivity index (χ0v) is 10.9. The van der Waals surface area contributed by atoms with Gasteiger partial charge in [0.1, 0.15) is 11.9 Å². The van der Waals surface area contributed by atoms with Gasteiger partial charge >= 0.3 is 5.97 Å². The Bertz CT molecular complexity index is 406. The lowest BCUT2D eigenvalue weighted by atomic mass is 10.1. The van der Waals surface area contributed by atoms with Crippen LogP contribution >= 0.6 is 0 Å². The van der Waals surface area contributed by atoms with Gasteiger partial charge in [0.2, 0.25) is 0 Å². The van der Waals surface area contributed by atoms with Gasteiger partial charge in [-0.25, -0.2) is 4.79 Å². The molecule has 18 heavy (non-hydrogen) atoms. The molecule has 1 aromatic carbocycles. The molecule has 0 bridgehead atoms. The quantitative estimate of drug-likeness (QED) is 0.619. The minimum Gasteiger partial charge on any atom is -0.495 e. The first-order chi connectivity index (χ1) is 8.60. The monoisotopic (exact) mass is 253 g/mol. The maximum absolute atomic E-state index is 11.9. The second kappa shape index (κ2) is 6.86. The van der Waals surface area contributed by atoms with Crippen LogP contribution in [-0.4, -0.2) is 32.9 Å². The van der Waals surface area contributed by atoms with E-state index in [9.17, 15) is 4.79 Å². The number of hydrogen-bond acceptors (Lipinski definition) is 5. The molecule has 0 fully saturated rings. The molecule has 0 aliphatic rings. The lowest BCUT2D eigenvalue weighted by Crippen LogP contribution is -2.18. The summed E-state index contributed by atoms with van der Waals surface area (Å²) in [6, 6.07) is 5.01. The molecule has 0 saturated heterocycles. The molecule has 0 radical (unpaired) electrons. The van der Waals surface area contributed by atoms with Gasteiger partial charge in [0.05, 0.1) is 18.4 Å². The normalized spacial score (nSPS) is 11.9. The van der Waals surface area contributed by atoms with Gasteiger partial charge in [0.15, 0.2) is 0 Å². The summed E-state index contributed by atoms with van der Waals surface area (Å²) in [7, 11) is 3.11. The van der Waals surface area contributed by atoms with Crippen LogP contribution in [0.15, 0.2) is 18.2 Å². The Hall–Kier alpha value is -1.75. The molecule has 1 unspecified atom stereocenters. The second-order valence-corrected chi connectivity index (χ2v) is 3.92. The Morgan fingerprint density at radius 3 is 2.72 bits per heavy atom. The molecule has 100 valence electrons. The average molecular weight is 253 g/mol. The molecule has 0 spiro atoms. The molecule has 0 saturated carbocycles. The van der Waals surface area contributed by atoms with Gasteiger partial charge in [0.25, 0.3) is 0 Å². The minimum absolute atomic E-state index is 0.219. The number of nitrogens with two attached hydrogens (primary N) is 1. The van der Waals surface area contributed by atoms with Crippen LogP contribution in [0.3, 0.4) is 0 Å². The van der Waals surface area contributed by atoms with Crippen molar-refractivity contribution in [2.24, 2.45) is 0 Å². The number of benzene rings is 1. The molecular formula is C13H19NO4. The fourth-order valence-electron chi connectivity index (χ4n) is 1.49. The van der Waals surface area contributed by atoms with E-state index < -0.39 is 5.97 Å². The Morgan fingerprint density at radius 2 is 2.11 bits per heavy atom. The van der Waals surface area contributed by atoms with Gasteiger partial charge < -0.3 is 19.9 Å². The van der Waals surface area contributed by atoms with Crippen LogP contribution in [0, 0.1) is 0 Å². The summed E-state index contributed by atoms with van der Waals surface area (Å²) in [5, 5.41) is 0. The van der Waals surface area contributed by atoms with Crippen molar-refractivity contribution in [2.45, 2.75) is 19.4 Å². The number of carbonyl (C=O) groups excluding carboxylic acids is 1. The summed E-state index contributed by atoms with van der Waals surface area (Å²) >= 11 is 0. The number of carbonyl (C=O) groups is 1. The van der Waals surface area contributed by atoms with Gasteiger partial charge in [-0.05, 0) is 19.1 Å². The van der Waals surface area contributed by atoms with E-state index in [2.05, 4.69) is 0 Å². The van der Waals surface area contributed by atoms with Crippen LogP contribution in [-0.2, 0) is 9.47 Å². The first kappa shape index (κ1) is 14.3. The SMILES string of the molecule is COCCC(C)OC(=O)c1cccc(OC)c1N. The van der Waals surface area contributed by atoms with Gasteiger partial charge in [-0.2, -0.15) is 0 Å². The number of rotatable bonds is 6. The van der Waals surface area contributed by atoms with E-state index in [1.807, 2.05) is 6.92 Å². The molecule has 0 aliphatic heterocycles. The average Bonchev–Trinajstić information content (AvgIpc) is 2.36. The number of para-hydroxylation sites is 1. The number of ether oxygens (including phenoxy) is 3. The topological polar surface area (TPSA) is 70.8 Å². The maximum Gasteiger partial charge on any atom is 0.340 e. The van der Waals surface area contributed by atoms with Crippen LogP contribution < -0.4 is 10.5 Å². The summed E-state index contributed by atoms with van der Waals surface area (Å²) < 4.78 is 15.2. The fourth-order valence-corrected chi connectivity index (χ4v) is 1.49. The van der Waals surface area contributed by atoms with E-state index in [0.717, 1.165) is 0 Å². The van der Waals surface area contributed by atoms with E-state index >= 15 is 0 Å². The number of hydrogen-bond donors (Lipinski definition) is 1. The van der Waals surface area contributed by atoms with Crippen molar-refractivity contribution in [3.63, 3.8) is 0 Å². The summed E-state index contributed by atoms with van der Waals surface area (Å²) in [4.78, 5) is 11.9. The zero-order valence-electron chi connectivity index (χ0n) is 10.9. The highest BCUT2D eigenvalue weighted by molar-refractivity contribution is 5.96. The third-order valence-electron chi connectivity index (χ3n) is 2.54. The third kappa shape index (κ3) is 3.63. The first-order valence-electron chi connectivity index (χ1n) is 5.72. The smallest absolute Gasteiger partial charge is 0.340 e. The predicted octanol–water partition coefficient (Wildman–Crippen LogP) is 1.86. The van der Waals surface area contributed by atoms with Crippen molar-refractivity contribution in [1.82, 2.24) is 0 Å². The largest absolute Gasteiger partial charge is 0.495 e. The lowest BCUT2D eigenvalue weighted by molar-refractivity contribution is 0.0267. The first-order valence-corrected chi connectivity index (χ1v) is 5.72. The van der Waals surface area contributed by atoms with Crippen LogP contribution in [0.2, 0.25) is 0 Å². The van der Waals surface area contributed by atoms with Crippen LogP contribution in [0.25, 0.3) is 0 Å². The van der Waals surface area contributed by atoms with Crippen LogP contribution in [0.4, 0.5) is 5.69 Å². The van der Waals surface area contributed by atoms with Crippen molar-refractivity contribution >= 4 is 11.7 Å². The molecule has 1 aromatic rings. The van der Waals surface area contributed by atoms with E-state index in [4.69, 9.17) is 19.9 Å². The maximum atomic E-state index is 11.9. The van der Waals surface area contributed by atoms with E-state index in [0.29, 0.717) is 30.0 Å². The summed E-state index contributed by atoms with van der Waals surface area (Å²) in [6.45, 7) is 2.36. The highest BCUT2D eigenvalue weighted by Gasteiger charge is 2.16. The molecule has 1 atom stereocenters. The molecule has 0 aromatic heterocycles. The number of methoxy groups -OCH3 is 2. The molecule has 0 heterocycles. The van der Waals surface area contributed by atoms with Gasteiger partial charge in [-0.15, -0.1) is 0 Å². The Kier molecular flexibility index (Phi) is 5.45. The molecule has 0 amide bonds. The fraction of sp³-hybridized carbons (Fsp3) is 0.462. The number of nitrogen functional groups attached to an aromatic ring is 1. The lowest BCUT2D eigenvalue weighted by Gasteiger charge is -2.14. The summed E-state index contributed by atoms with van der Waals surface area (Å²) in [5.74, 6) is 0.0176. The Balaban J connectivity index is 2.72. The summed E-state index contributed by atoms with van der Waals surface area (Å²) in [6.07, 6.45) is 0.426. The van der Waals surface area contributed by atoms with Crippen LogP contribution in [0.5, 0.6) is 5.75 Å². The predicted molar refractivity (Wildman–Crippen MR) is 68.8 cm³/mol. The van der Waals surface area contributed by atoms with Crippen molar-refractivity contribution in [3.05, 3.63) is 23.8 Å². The summed E-state index contributed by atoms with van der Waals surface area (Å²) in [5.41, 5.74) is 6.43. The molecule has 5 heteroatoms. The van der Waals surface area contributed by atoms with Crippen molar-refractivity contribution in [1.29, 1.82) is 0 Å². The molecule has 0 aliphatic carbocycles. The zero-order chi connectivity index (χ0) is 13.5. The number of esters is 1. The van der Waals surface area contributed by atoms with Crippen LogP contribution in [0.1, 0.15) is 23.7 Å². The van der Waals surface area contributed by atoms with E-state index in [-0.39, 0.29) is 6.10 Å². The highest BCUT2D eigenvalue weighted by atomic mass is 16.5. The minimum atomic E-state index is -0.449. The van der Waals surface area contributed by atoms with Crippen molar-refractivity contribution in [2.75, 3.05) is 26.6 Å². The van der Waals surface area contributed by atoms with Crippen molar-refractivity contribution in [3.8, 4) is 5.75 Å². The van der Waals surface area contributed by atoms with Gasteiger partial charge in [-0.1, -0.05) is 6.07 Å². The van der Waals surface area contributed by atoms with Gasteiger partial charge in [0, 0.05) is 20.1 Å². The van der Waals surface area contributed by atoms with E-state index in [1.165, 1.54) is 7.11 Å². The van der Waals surface area contributed by atoms with E-state index in [1.54, 1.807) is 25.3 Å². The highest BCUT2D eigenvalue weighted by Crippen LogP contribution is 2.25. The number of anilines is 1. The molecular weight excluding hydrogens is 234 g/mol. The third-order valence-corrected chi connectivity index (χ3v) is 2.54. The molecule has 1 rings (SSSR count). The molecule has 2 N–H and O–H groups in total. The van der Waals surface area contributed by atoms with Crippen molar-refractivity contribution < 1.29 is 19.0 Å². The Labute approximate surface area is 107 Å². The Morgan fingerprint density at radius 1 is 1.39 bits per heavy atom. The standard InChI is InChI=1S/C13H19NO4/c1-9(7-8-16-2)18-13(15)10-5-4-6-11(17-3)12(10)14/h4-6,9H,7-8,14H2,1-3H3.